The number of rotatable bonds is 7. The van der Waals surface area contributed by atoms with Gasteiger partial charge in [-0.05, 0) is 44.4 Å². The van der Waals surface area contributed by atoms with E-state index < -0.39 is 0 Å². The predicted molar refractivity (Wildman–Crippen MR) is 69.8 cm³/mol. The quantitative estimate of drug-likeness (QED) is 0.699. The van der Waals surface area contributed by atoms with Crippen LogP contribution in [0.1, 0.15) is 43.4 Å². The summed E-state index contributed by atoms with van der Waals surface area (Å²) in [6.45, 7) is 7.78. The fourth-order valence-electron chi connectivity index (χ4n) is 1.56. The van der Waals surface area contributed by atoms with E-state index in [4.69, 9.17) is 0 Å². The molecule has 0 saturated carbocycles. The summed E-state index contributed by atoms with van der Waals surface area (Å²) in [4.78, 5) is 3.07. The summed E-state index contributed by atoms with van der Waals surface area (Å²) in [5.41, 5.74) is 0. The third-order valence-corrected chi connectivity index (χ3v) is 3.76. The highest BCUT2D eigenvalue weighted by atomic mass is 32.1. The van der Waals surface area contributed by atoms with Gasteiger partial charge in [-0.1, -0.05) is 20.8 Å². The Hall–Kier alpha value is -0.340. The normalized spacial score (nSPS) is 11.2. The van der Waals surface area contributed by atoms with Crippen LogP contribution in [0.3, 0.4) is 0 Å². The first-order chi connectivity index (χ1) is 7.22. The van der Waals surface area contributed by atoms with Crippen molar-refractivity contribution in [3.63, 3.8) is 0 Å². The van der Waals surface area contributed by atoms with E-state index in [1.807, 2.05) is 11.3 Å². The highest BCUT2D eigenvalue weighted by Crippen LogP contribution is 2.18. The van der Waals surface area contributed by atoms with Gasteiger partial charge < -0.3 is 5.32 Å². The summed E-state index contributed by atoms with van der Waals surface area (Å²) in [5, 5.41) is 3.45. The largest absolute Gasteiger partial charge is 0.315 e. The maximum absolute atomic E-state index is 3.45. The lowest BCUT2D eigenvalue weighted by atomic mass is 10.2. The van der Waals surface area contributed by atoms with E-state index in [9.17, 15) is 0 Å². The standard InChI is InChI=1S/C13H23NS/c1-4-12-8-9-13(15-12)7-5-6-10-14-11(2)3/h8-9,11,14H,4-7,10H2,1-3H3. The number of nitrogens with one attached hydrogen (secondary N) is 1. The van der Waals surface area contributed by atoms with Crippen molar-refractivity contribution in [2.75, 3.05) is 6.54 Å². The number of aryl methyl sites for hydroxylation is 2. The van der Waals surface area contributed by atoms with Crippen LogP contribution in [0, 0.1) is 0 Å². The molecule has 0 fully saturated rings. The average molecular weight is 225 g/mol. The van der Waals surface area contributed by atoms with Crippen molar-refractivity contribution in [2.24, 2.45) is 0 Å². The van der Waals surface area contributed by atoms with Gasteiger partial charge in [0.15, 0.2) is 0 Å². The SMILES string of the molecule is CCc1ccc(CCCCNC(C)C)s1. The number of hydrogen-bond donors (Lipinski definition) is 1. The molecule has 1 nitrogen and oxygen atoms in total. The van der Waals surface area contributed by atoms with Gasteiger partial charge in [0.05, 0.1) is 0 Å². The van der Waals surface area contributed by atoms with Gasteiger partial charge in [0, 0.05) is 15.8 Å². The van der Waals surface area contributed by atoms with E-state index in [-0.39, 0.29) is 0 Å². The van der Waals surface area contributed by atoms with Gasteiger partial charge in [-0.2, -0.15) is 0 Å². The van der Waals surface area contributed by atoms with Gasteiger partial charge in [0.25, 0.3) is 0 Å². The third-order valence-electron chi connectivity index (χ3n) is 2.47. The molecule has 0 spiro atoms. The Balaban J connectivity index is 2.09. The van der Waals surface area contributed by atoms with E-state index in [1.165, 1.54) is 30.6 Å². The predicted octanol–water partition coefficient (Wildman–Crippen LogP) is 3.63. The Bertz CT molecular complexity index is 265. The second-order valence-electron chi connectivity index (χ2n) is 4.29. The van der Waals surface area contributed by atoms with Gasteiger partial charge in [-0.3, -0.25) is 0 Å². The molecular weight excluding hydrogens is 202 g/mol. The third kappa shape index (κ3) is 5.33. The molecule has 0 saturated heterocycles. The first-order valence-corrected chi connectivity index (χ1v) is 6.85. The zero-order chi connectivity index (χ0) is 11.1. The van der Waals surface area contributed by atoms with Crippen LogP contribution in [0.25, 0.3) is 0 Å². The second kappa shape index (κ2) is 7.02. The van der Waals surface area contributed by atoms with Crippen LogP contribution < -0.4 is 5.32 Å². The van der Waals surface area contributed by atoms with Crippen LogP contribution in [0.4, 0.5) is 0 Å². The molecule has 0 amide bonds. The maximum atomic E-state index is 3.45. The van der Waals surface area contributed by atoms with Crippen LogP contribution in [-0.4, -0.2) is 12.6 Å². The Morgan fingerprint density at radius 2 is 1.93 bits per heavy atom. The number of hydrogen-bond acceptors (Lipinski definition) is 2. The van der Waals surface area contributed by atoms with Gasteiger partial charge in [-0.25, -0.2) is 0 Å². The van der Waals surface area contributed by atoms with Crippen molar-refractivity contribution in [2.45, 2.75) is 52.5 Å². The minimum absolute atomic E-state index is 0.624. The lowest BCUT2D eigenvalue weighted by Gasteiger charge is -2.06. The summed E-state index contributed by atoms with van der Waals surface area (Å²) in [6, 6.07) is 5.18. The summed E-state index contributed by atoms with van der Waals surface area (Å²) < 4.78 is 0. The Kier molecular flexibility index (Phi) is 5.96. The Morgan fingerprint density at radius 1 is 1.20 bits per heavy atom. The minimum atomic E-state index is 0.624. The lowest BCUT2D eigenvalue weighted by molar-refractivity contribution is 0.558. The summed E-state index contributed by atoms with van der Waals surface area (Å²) in [6.07, 6.45) is 5.03. The van der Waals surface area contributed by atoms with E-state index in [1.54, 1.807) is 4.88 Å². The van der Waals surface area contributed by atoms with Crippen molar-refractivity contribution in [1.29, 1.82) is 0 Å². The molecule has 0 aromatic carbocycles. The fraction of sp³-hybridized carbons (Fsp3) is 0.692. The fourth-order valence-corrected chi connectivity index (χ4v) is 2.56. The highest BCUT2D eigenvalue weighted by Gasteiger charge is 1.98. The second-order valence-corrected chi connectivity index (χ2v) is 5.54. The number of thiophene rings is 1. The number of unbranched alkanes of at least 4 members (excludes halogenated alkanes) is 1. The zero-order valence-corrected chi connectivity index (χ0v) is 11.0. The molecule has 15 heavy (non-hydrogen) atoms. The molecule has 0 aliphatic rings. The molecule has 1 N–H and O–H groups in total. The van der Waals surface area contributed by atoms with E-state index in [0.29, 0.717) is 6.04 Å². The van der Waals surface area contributed by atoms with Crippen molar-refractivity contribution < 1.29 is 0 Å². The molecule has 86 valence electrons. The summed E-state index contributed by atoms with van der Waals surface area (Å²) in [5.74, 6) is 0. The van der Waals surface area contributed by atoms with Crippen molar-refractivity contribution in [3.8, 4) is 0 Å². The smallest absolute Gasteiger partial charge is 0.00481 e. The van der Waals surface area contributed by atoms with Gasteiger partial charge in [0.1, 0.15) is 0 Å². The molecular formula is C13H23NS. The maximum Gasteiger partial charge on any atom is 0.00481 e. The van der Waals surface area contributed by atoms with E-state index in [0.717, 1.165) is 6.54 Å². The van der Waals surface area contributed by atoms with Crippen LogP contribution in [-0.2, 0) is 12.8 Å². The molecule has 0 aliphatic heterocycles. The van der Waals surface area contributed by atoms with Crippen LogP contribution in [0.5, 0.6) is 0 Å². The van der Waals surface area contributed by atoms with Crippen LogP contribution >= 0.6 is 11.3 Å². The molecule has 2 heteroatoms. The molecule has 1 aromatic heterocycles. The molecule has 0 unspecified atom stereocenters. The molecule has 0 bridgehead atoms. The zero-order valence-electron chi connectivity index (χ0n) is 10.2. The minimum Gasteiger partial charge on any atom is -0.315 e. The van der Waals surface area contributed by atoms with Gasteiger partial charge >= 0.3 is 0 Å². The first-order valence-electron chi connectivity index (χ1n) is 6.03. The van der Waals surface area contributed by atoms with Gasteiger partial charge in [0.2, 0.25) is 0 Å². The molecule has 0 radical (unpaired) electrons. The molecule has 0 atom stereocenters. The van der Waals surface area contributed by atoms with E-state index in [2.05, 4.69) is 38.2 Å². The first kappa shape index (κ1) is 12.7. The molecule has 1 rings (SSSR count). The summed E-state index contributed by atoms with van der Waals surface area (Å²) in [7, 11) is 0. The summed E-state index contributed by atoms with van der Waals surface area (Å²) >= 11 is 1.98. The average Bonchev–Trinajstić information content (AvgIpc) is 2.65. The lowest BCUT2D eigenvalue weighted by Crippen LogP contribution is -2.23. The van der Waals surface area contributed by atoms with Crippen molar-refractivity contribution in [1.82, 2.24) is 5.32 Å². The monoisotopic (exact) mass is 225 g/mol. The van der Waals surface area contributed by atoms with E-state index >= 15 is 0 Å². The molecule has 1 heterocycles. The van der Waals surface area contributed by atoms with Crippen LogP contribution in [0.15, 0.2) is 12.1 Å². The van der Waals surface area contributed by atoms with Crippen LogP contribution in [0.2, 0.25) is 0 Å². The molecule has 0 aliphatic carbocycles. The Labute approximate surface area is 97.9 Å². The van der Waals surface area contributed by atoms with Crippen molar-refractivity contribution >= 4 is 11.3 Å². The molecule has 1 aromatic rings. The topological polar surface area (TPSA) is 12.0 Å². The Morgan fingerprint density at radius 3 is 2.53 bits per heavy atom. The van der Waals surface area contributed by atoms with Gasteiger partial charge in [-0.15, -0.1) is 11.3 Å². The highest BCUT2D eigenvalue weighted by molar-refractivity contribution is 7.11. The van der Waals surface area contributed by atoms with Crippen molar-refractivity contribution in [3.05, 3.63) is 21.9 Å².